The first-order valence-corrected chi connectivity index (χ1v) is 5.17. The normalized spacial score (nSPS) is 28.9. The summed E-state index contributed by atoms with van der Waals surface area (Å²) in [6, 6.07) is 2.27. The van der Waals surface area contributed by atoms with Gasteiger partial charge in [-0.05, 0) is 6.92 Å². The first-order valence-electron chi connectivity index (χ1n) is 5.17. The highest BCUT2D eigenvalue weighted by atomic mass is 16.7. The Labute approximate surface area is 84.4 Å². The molecule has 0 aromatic carbocycles. The molecule has 0 bridgehead atoms. The summed E-state index contributed by atoms with van der Waals surface area (Å²) in [5, 5.41) is 8.79. The standard InChI is InChI=1S/C10H16N2O2/c1-9(8-11)12-4-2-10(3-5-12)13-6-7-14-10/h9H,2-7H2,1H3. The lowest BCUT2D eigenvalue weighted by Crippen LogP contribution is -2.47. The van der Waals surface area contributed by atoms with E-state index in [2.05, 4.69) is 11.0 Å². The van der Waals surface area contributed by atoms with Crippen molar-refractivity contribution >= 4 is 0 Å². The molecule has 2 fully saturated rings. The van der Waals surface area contributed by atoms with Crippen LogP contribution in [0.1, 0.15) is 19.8 Å². The molecular formula is C10H16N2O2. The summed E-state index contributed by atoms with van der Waals surface area (Å²) in [5.41, 5.74) is 0. The Kier molecular flexibility index (Phi) is 2.73. The van der Waals surface area contributed by atoms with Crippen LogP contribution in [-0.2, 0) is 9.47 Å². The van der Waals surface area contributed by atoms with Crippen LogP contribution in [0, 0.1) is 11.3 Å². The number of piperidine rings is 1. The Balaban J connectivity index is 1.89. The molecule has 2 aliphatic rings. The van der Waals surface area contributed by atoms with E-state index >= 15 is 0 Å². The number of likely N-dealkylation sites (tertiary alicyclic amines) is 1. The second-order valence-electron chi connectivity index (χ2n) is 3.95. The van der Waals surface area contributed by atoms with Gasteiger partial charge in [-0.3, -0.25) is 4.90 Å². The zero-order chi connectivity index (χ0) is 10.0. The highest BCUT2D eigenvalue weighted by Crippen LogP contribution is 2.31. The summed E-state index contributed by atoms with van der Waals surface area (Å²) in [6.07, 6.45) is 1.78. The fraction of sp³-hybridized carbons (Fsp3) is 0.900. The highest BCUT2D eigenvalue weighted by Gasteiger charge is 2.40. The Morgan fingerprint density at radius 3 is 2.36 bits per heavy atom. The molecule has 4 nitrogen and oxygen atoms in total. The zero-order valence-electron chi connectivity index (χ0n) is 8.53. The summed E-state index contributed by atoms with van der Waals surface area (Å²) in [4.78, 5) is 2.18. The molecule has 1 atom stereocenters. The minimum absolute atomic E-state index is 0.00810. The fourth-order valence-electron chi connectivity index (χ4n) is 2.12. The van der Waals surface area contributed by atoms with Gasteiger partial charge >= 0.3 is 0 Å². The van der Waals surface area contributed by atoms with Crippen LogP contribution in [-0.4, -0.2) is 43.0 Å². The lowest BCUT2D eigenvalue weighted by Gasteiger charge is -2.38. The maximum atomic E-state index is 8.79. The molecule has 0 saturated carbocycles. The van der Waals surface area contributed by atoms with E-state index < -0.39 is 0 Å². The van der Waals surface area contributed by atoms with Crippen LogP contribution in [0.25, 0.3) is 0 Å². The van der Waals surface area contributed by atoms with Gasteiger partial charge in [-0.15, -0.1) is 0 Å². The van der Waals surface area contributed by atoms with Crippen LogP contribution in [0.15, 0.2) is 0 Å². The highest BCUT2D eigenvalue weighted by molar-refractivity contribution is 4.92. The molecule has 2 saturated heterocycles. The zero-order valence-corrected chi connectivity index (χ0v) is 8.53. The van der Waals surface area contributed by atoms with Crippen LogP contribution >= 0.6 is 0 Å². The monoisotopic (exact) mass is 196 g/mol. The minimum Gasteiger partial charge on any atom is -0.347 e. The molecular weight excluding hydrogens is 180 g/mol. The largest absolute Gasteiger partial charge is 0.347 e. The molecule has 4 heteroatoms. The van der Waals surface area contributed by atoms with Crippen molar-refractivity contribution in [3.63, 3.8) is 0 Å². The van der Waals surface area contributed by atoms with Crippen LogP contribution < -0.4 is 0 Å². The average Bonchev–Trinajstić information content (AvgIpc) is 2.67. The van der Waals surface area contributed by atoms with Gasteiger partial charge in [-0.1, -0.05) is 0 Å². The summed E-state index contributed by atoms with van der Waals surface area (Å²) in [7, 11) is 0. The van der Waals surface area contributed by atoms with E-state index in [9.17, 15) is 0 Å². The van der Waals surface area contributed by atoms with E-state index in [1.54, 1.807) is 0 Å². The quantitative estimate of drug-likeness (QED) is 0.620. The minimum atomic E-state index is -0.314. The topological polar surface area (TPSA) is 45.5 Å². The number of ether oxygens (including phenoxy) is 2. The maximum Gasteiger partial charge on any atom is 0.170 e. The molecule has 0 radical (unpaired) electrons. The molecule has 2 heterocycles. The molecule has 14 heavy (non-hydrogen) atoms. The van der Waals surface area contributed by atoms with Crippen molar-refractivity contribution in [2.75, 3.05) is 26.3 Å². The Morgan fingerprint density at radius 2 is 1.86 bits per heavy atom. The van der Waals surface area contributed by atoms with Gasteiger partial charge < -0.3 is 9.47 Å². The predicted octanol–water partition coefficient (Wildman–Crippen LogP) is 0.737. The lowest BCUT2D eigenvalue weighted by atomic mass is 10.0. The van der Waals surface area contributed by atoms with Crippen LogP contribution in [0.2, 0.25) is 0 Å². The SMILES string of the molecule is CC(C#N)N1CCC2(CC1)OCCO2. The van der Waals surface area contributed by atoms with Crippen molar-refractivity contribution in [2.24, 2.45) is 0 Å². The van der Waals surface area contributed by atoms with Crippen molar-refractivity contribution in [3.8, 4) is 6.07 Å². The summed E-state index contributed by atoms with van der Waals surface area (Å²) in [5.74, 6) is -0.314. The average molecular weight is 196 g/mol. The van der Waals surface area contributed by atoms with E-state index in [-0.39, 0.29) is 11.8 Å². The third-order valence-corrected chi connectivity index (χ3v) is 3.11. The maximum absolute atomic E-state index is 8.79. The molecule has 2 aliphatic heterocycles. The van der Waals surface area contributed by atoms with E-state index in [0.29, 0.717) is 13.2 Å². The van der Waals surface area contributed by atoms with Crippen LogP contribution in [0.4, 0.5) is 0 Å². The fourth-order valence-corrected chi connectivity index (χ4v) is 2.12. The van der Waals surface area contributed by atoms with Crippen molar-refractivity contribution in [1.82, 2.24) is 4.90 Å². The van der Waals surface area contributed by atoms with Gasteiger partial charge in [0.2, 0.25) is 0 Å². The van der Waals surface area contributed by atoms with Gasteiger partial charge in [-0.25, -0.2) is 0 Å². The van der Waals surface area contributed by atoms with Crippen molar-refractivity contribution in [1.29, 1.82) is 5.26 Å². The van der Waals surface area contributed by atoms with E-state index in [0.717, 1.165) is 25.9 Å². The summed E-state index contributed by atoms with van der Waals surface area (Å²) < 4.78 is 11.2. The van der Waals surface area contributed by atoms with Crippen molar-refractivity contribution in [3.05, 3.63) is 0 Å². The molecule has 1 unspecified atom stereocenters. The van der Waals surface area contributed by atoms with Crippen molar-refractivity contribution < 1.29 is 9.47 Å². The molecule has 78 valence electrons. The number of rotatable bonds is 1. The van der Waals surface area contributed by atoms with Gasteiger partial charge in [0, 0.05) is 25.9 Å². The molecule has 2 rings (SSSR count). The van der Waals surface area contributed by atoms with E-state index in [1.165, 1.54) is 0 Å². The van der Waals surface area contributed by atoms with Gasteiger partial charge in [0.25, 0.3) is 0 Å². The summed E-state index contributed by atoms with van der Waals surface area (Å²) >= 11 is 0. The first kappa shape index (κ1) is 9.91. The lowest BCUT2D eigenvalue weighted by molar-refractivity contribution is -0.186. The number of hydrogen-bond donors (Lipinski definition) is 0. The molecule has 0 amide bonds. The second-order valence-corrected chi connectivity index (χ2v) is 3.95. The van der Waals surface area contributed by atoms with Gasteiger partial charge in [0.1, 0.15) is 0 Å². The van der Waals surface area contributed by atoms with Crippen LogP contribution in [0.5, 0.6) is 0 Å². The smallest absolute Gasteiger partial charge is 0.170 e. The van der Waals surface area contributed by atoms with Crippen LogP contribution in [0.3, 0.4) is 0 Å². The molecule has 0 N–H and O–H groups in total. The van der Waals surface area contributed by atoms with Gasteiger partial charge in [-0.2, -0.15) is 5.26 Å². The first-order chi connectivity index (χ1) is 6.76. The summed E-state index contributed by atoms with van der Waals surface area (Å²) in [6.45, 7) is 5.17. The Hall–Kier alpha value is -0.630. The Bertz CT molecular complexity index is 233. The third kappa shape index (κ3) is 1.76. The number of hydrogen-bond acceptors (Lipinski definition) is 4. The van der Waals surface area contributed by atoms with E-state index in [4.69, 9.17) is 14.7 Å². The molecule has 0 aromatic rings. The van der Waals surface area contributed by atoms with Crippen molar-refractivity contribution in [2.45, 2.75) is 31.6 Å². The molecule has 1 spiro atoms. The van der Waals surface area contributed by atoms with E-state index in [1.807, 2.05) is 6.92 Å². The number of nitrogens with zero attached hydrogens (tertiary/aromatic N) is 2. The molecule has 0 aliphatic carbocycles. The third-order valence-electron chi connectivity index (χ3n) is 3.11. The second kappa shape index (κ2) is 3.85. The van der Waals surface area contributed by atoms with Gasteiger partial charge in [0.15, 0.2) is 5.79 Å². The number of nitriles is 1. The predicted molar refractivity (Wildman–Crippen MR) is 50.5 cm³/mol. The van der Waals surface area contributed by atoms with Gasteiger partial charge in [0.05, 0.1) is 25.3 Å². The Morgan fingerprint density at radius 1 is 1.29 bits per heavy atom. The molecule has 0 aromatic heterocycles.